The van der Waals surface area contributed by atoms with Gasteiger partial charge in [0.1, 0.15) is 0 Å². The lowest BCUT2D eigenvalue weighted by atomic mass is 9.87. The predicted molar refractivity (Wildman–Crippen MR) is 130 cm³/mol. The molecule has 0 aliphatic heterocycles. The first kappa shape index (κ1) is 28.9. The molecular weight excluding hydrogens is 497 g/mol. The standard InChI is InChI=1S/C23H28N2O3S.C2HF3O2/c1-5-16-24-21(26)23(14-15-23)18-6-10-19(11-7-18)25-29(27,28)20-12-8-17(9-13-20)22(2,3)4;3-2(4,5)1(6)7/h5-13,25H,1,14-16H2,2-4H3,(H,24,26);(H,6,7). The van der Waals surface area contributed by atoms with Gasteiger partial charge in [0.15, 0.2) is 0 Å². The maximum atomic E-state index is 12.7. The summed E-state index contributed by atoms with van der Waals surface area (Å²) < 4.78 is 59.7. The van der Waals surface area contributed by atoms with E-state index in [2.05, 4.69) is 37.4 Å². The molecule has 1 fully saturated rings. The van der Waals surface area contributed by atoms with E-state index in [-0.39, 0.29) is 16.2 Å². The largest absolute Gasteiger partial charge is 0.490 e. The summed E-state index contributed by atoms with van der Waals surface area (Å²) in [7, 11) is -3.68. The summed E-state index contributed by atoms with van der Waals surface area (Å²) in [4.78, 5) is 21.5. The molecule has 0 aromatic heterocycles. The molecule has 1 saturated carbocycles. The Morgan fingerprint density at radius 1 is 1.03 bits per heavy atom. The molecular formula is C25H29F3N2O5S. The molecule has 11 heteroatoms. The van der Waals surface area contributed by atoms with Crippen LogP contribution in [0.4, 0.5) is 18.9 Å². The van der Waals surface area contributed by atoms with E-state index in [9.17, 15) is 26.4 Å². The average Bonchev–Trinajstić information content (AvgIpc) is 3.59. The molecule has 0 heterocycles. The van der Waals surface area contributed by atoms with E-state index >= 15 is 0 Å². The number of halogens is 3. The SMILES string of the molecule is C=CCNC(=O)C1(c2ccc(NS(=O)(=O)c3ccc(C(C)(C)C)cc3)cc2)CC1.O=C(O)C(F)(F)F. The zero-order valence-corrected chi connectivity index (χ0v) is 21.0. The summed E-state index contributed by atoms with van der Waals surface area (Å²) in [5, 5.41) is 9.98. The maximum absolute atomic E-state index is 12.7. The Kier molecular flexibility index (Phi) is 8.61. The Bertz CT molecular complexity index is 1200. The van der Waals surface area contributed by atoms with Crippen molar-refractivity contribution in [2.24, 2.45) is 0 Å². The van der Waals surface area contributed by atoms with Gasteiger partial charge in [-0.25, -0.2) is 13.2 Å². The molecule has 2 aromatic rings. The smallest absolute Gasteiger partial charge is 0.475 e. The number of hydrogen-bond donors (Lipinski definition) is 3. The normalized spacial score (nSPS) is 14.6. The van der Waals surface area contributed by atoms with E-state index in [0.717, 1.165) is 24.0 Å². The summed E-state index contributed by atoms with van der Waals surface area (Å²) >= 11 is 0. The van der Waals surface area contributed by atoms with Crippen LogP contribution in [0.15, 0.2) is 66.1 Å². The molecule has 3 rings (SSSR count). The minimum atomic E-state index is -5.08. The van der Waals surface area contributed by atoms with Crippen LogP contribution < -0.4 is 10.0 Å². The number of amides is 1. The number of sulfonamides is 1. The van der Waals surface area contributed by atoms with Crippen molar-refractivity contribution in [3.8, 4) is 0 Å². The van der Waals surface area contributed by atoms with Crippen molar-refractivity contribution in [1.82, 2.24) is 5.32 Å². The second-order valence-electron chi connectivity index (χ2n) is 9.34. The molecule has 0 unspecified atom stereocenters. The highest BCUT2D eigenvalue weighted by atomic mass is 32.2. The first-order valence-corrected chi connectivity index (χ1v) is 12.4. The quantitative estimate of drug-likeness (QED) is 0.451. The topological polar surface area (TPSA) is 113 Å². The van der Waals surface area contributed by atoms with E-state index in [1.807, 2.05) is 24.3 Å². The van der Waals surface area contributed by atoms with Gasteiger partial charge in [-0.3, -0.25) is 9.52 Å². The number of carboxylic acids is 1. The predicted octanol–water partition coefficient (Wildman–Crippen LogP) is 4.75. The molecule has 0 bridgehead atoms. The zero-order chi connectivity index (χ0) is 27.4. The number of benzene rings is 2. The lowest BCUT2D eigenvalue weighted by Gasteiger charge is -2.19. The molecule has 1 amide bonds. The summed E-state index contributed by atoms with van der Waals surface area (Å²) in [5.74, 6) is -2.77. The van der Waals surface area contributed by atoms with E-state index in [1.165, 1.54) is 0 Å². The number of aliphatic carboxylic acids is 1. The van der Waals surface area contributed by atoms with Crippen molar-refractivity contribution in [1.29, 1.82) is 0 Å². The number of carbonyl (C=O) groups excluding carboxylic acids is 1. The third kappa shape index (κ3) is 7.33. The van der Waals surface area contributed by atoms with Crippen molar-refractivity contribution in [3.05, 3.63) is 72.3 Å². The maximum Gasteiger partial charge on any atom is 0.490 e. The van der Waals surface area contributed by atoms with Crippen molar-refractivity contribution >= 4 is 27.6 Å². The van der Waals surface area contributed by atoms with Crippen molar-refractivity contribution in [2.75, 3.05) is 11.3 Å². The highest BCUT2D eigenvalue weighted by Gasteiger charge is 2.51. The van der Waals surface area contributed by atoms with Crippen molar-refractivity contribution < 1.29 is 36.3 Å². The summed E-state index contributed by atoms with van der Waals surface area (Å²) in [6.07, 6.45) is -1.85. The van der Waals surface area contributed by atoms with Crippen LogP contribution in [0.2, 0.25) is 0 Å². The van der Waals surface area contributed by atoms with Gasteiger partial charge in [0.05, 0.1) is 10.3 Å². The fourth-order valence-corrected chi connectivity index (χ4v) is 4.37. The van der Waals surface area contributed by atoms with Gasteiger partial charge in [0, 0.05) is 12.2 Å². The van der Waals surface area contributed by atoms with Gasteiger partial charge >= 0.3 is 12.1 Å². The van der Waals surface area contributed by atoms with Gasteiger partial charge < -0.3 is 10.4 Å². The molecule has 1 aliphatic carbocycles. The molecule has 0 atom stereocenters. The lowest BCUT2D eigenvalue weighted by Crippen LogP contribution is -2.34. The second-order valence-corrected chi connectivity index (χ2v) is 11.0. The molecule has 1 aliphatic rings. The second kappa shape index (κ2) is 10.7. The van der Waals surface area contributed by atoms with Crippen LogP contribution in [0.1, 0.15) is 44.7 Å². The van der Waals surface area contributed by atoms with Gasteiger partial charge in [-0.05, 0) is 53.6 Å². The number of nitrogens with one attached hydrogen (secondary N) is 2. The average molecular weight is 527 g/mol. The number of carbonyl (C=O) groups is 2. The molecule has 0 saturated heterocycles. The molecule has 7 nitrogen and oxygen atoms in total. The Morgan fingerprint density at radius 2 is 1.53 bits per heavy atom. The molecule has 0 radical (unpaired) electrons. The van der Waals surface area contributed by atoms with Gasteiger partial charge in [0.2, 0.25) is 5.91 Å². The van der Waals surface area contributed by atoms with E-state index in [0.29, 0.717) is 12.2 Å². The van der Waals surface area contributed by atoms with Crippen LogP contribution in [0.5, 0.6) is 0 Å². The third-order valence-corrected chi connectivity index (χ3v) is 6.95. The van der Waals surface area contributed by atoms with Crippen LogP contribution >= 0.6 is 0 Å². The van der Waals surface area contributed by atoms with E-state index in [1.54, 1.807) is 30.3 Å². The van der Waals surface area contributed by atoms with Crippen LogP contribution in [-0.2, 0) is 30.4 Å². The van der Waals surface area contributed by atoms with Crippen LogP contribution in [0, 0.1) is 0 Å². The first-order valence-electron chi connectivity index (χ1n) is 11.0. The van der Waals surface area contributed by atoms with Crippen LogP contribution in [0.3, 0.4) is 0 Å². The fraction of sp³-hybridized carbons (Fsp3) is 0.360. The summed E-state index contributed by atoms with van der Waals surface area (Å²) in [5.41, 5.74) is 1.91. The Hall–Kier alpha value is -3.34. The highest BCUT2D eigenvalue weighted by Crippen LogP contribution is 2.48. The number of rotatable bonds is 7. The lowest BCUT2D eigenvalue weighted by molar-refractivity contribution is -0.192. The zero-order valence-electron chi connectivity index (χ0n) is 20.1. The van der Waals surface area contributed by atoms with Crippen molar-refractivity contribution in [2.45, 2.75) is 55.5 Å². The first-order chi connectivity index (χ1) is 16.5. The minimum absolute atomic E-state index is 0.00957. The molecule has 2 aromatic carbocycles. The minimum Gasteiger partial charge on any atom is -0.475 e. The Morgan fingerprint density at radius 3 is 1.92 bits per heavy atom. The number of anilines is 1. The number of alkyl halides is 3. The van der Waals surface area contributed by atoms with E-state index in [4.69, 9.17) is 9.90 Å². The third-order valence-electron chi connectivity index (χ3n) is 5.55. The van der Waals surface area contributed by atoms with Gasteiger partial charge in [-0.15, -0.1) is 6.58 Å². The molecule has 0 spiro atoms. The van der Waals surface area contributed by atoms with Crippen LogP contribution in [0.25, 0.3) is 0 Å². The summed E-state index contributed by atoms with van der Waals surface area (Å²) in [6, 6.07) is 14.0. The number of hydrogen-bond acceptors (Lipinski definition) is 4. The van der Waals surface area contributed by atoms with Gasteiger partial charge in [-0.2, -0.15) is 13.2 Å². The monoisotopic (exact) mass is 526 g/mol. The highest BCUT2D eigenvalue weighted by molar-refractivity contribution is 7.92. The molecule has 36 heavy (non-hydrogen) atoms. The molecule has 196 valence electrons. The summed E-state index contributed by atoms with van der Waals surface area (Å²) in [6.45, 7) is 10.3. The van der Waals surface area contributed by atoms with Crippen molar-refractivity contribution in [3.63, 3.8) is 0 Å². The van der Waals surface area contributed by atoms with Crippen LogP contribution in [-0.4, -0.2) is 38.1 Å². The van der Waals surface area contributed by atoms with Gasteiger partial charge in [0.25, 0.3) is 10.0 Å². The Balaban J connectivity index is 0.000000572. The Labute approximate surface area is 208 Å². The van der Waals surface area contributed by atoms with E-state index < -0.39 is 27.6 Å². The van der Waals surface area contributed by atoms with Gasteiger partial charge in [-0.1, -0.05) is 51.1 Å². The molecule has 3 N–H and O–H groups in total. The number of carboxylic acid groups (broad SMARTS) is 1. The fourth-order valence-electron chi connectivity index (χ4n) is 3.31.